The lowest BCUT2D eigenvalue weighted by atomic mass is 10.0. The molecule has 0 atom stereocenters. The number of benzene rings is 2. The first-order valence-corrected chi connectivity index (χ1v) is 10.0. The molecule has 1 aliphatic heterocycles. The molecule has 0 spiro atoms. The zero-order chi connectivity index (χ0) is 17.5. The molecule has 0 unspecified atom stereocenters. The van der Waals surface area contributed by atoms with E-state index in [1.54, 1.807) is 0 Å². The first-order chi connectivity index (χ1) is 12.8. The summed E-state index contributed by atoms with van der Waals surface area (Å²) >= 11 is 0. The Balaban J connectivity index is 1.36. The molecule has 2 aromatic carbocycles. The van der Waals surface area contributed by atoms with Crippen molar-refractivity contribution < 1.29 is 4.79 Å². The Labute approximate surface area is 155 Å². The second-order valence-corrected chi connectivity index (χ2v) is 7.92. The topological polar surface area (TPSA) is 23.6 Å². The molecule has 0 aromatic heterocycles. The van der Waals surface area contributed by atoms with Gasteiger partial charge in [0, 0.05) is 32.1 Å². The van der Waals surface area contributed by atoms with E-state index in [4.69, 9.17) is 0 Å². The summed E-state index contributed by atoms with van der Waals surface area (Å²) in [5.41, 5.74) is 5.59. The van der Waals surface area contributed by atoms with E-state index in [0.717, 1.165) is 39.0 Å². The SMILES string of the molecule is O=C(C1CCCC1)N1CCN(C2c3ccccc3-c3ccccc32)CC1. The summed E-state index contributed by atoms with van der Waals surface area (Å²) in [6, 6.07) is 17.9. The van der Waals surface area contributed by atoms with Crippen molar-refractivity contribution >= 4 is 5.91 Å². The molecule has 0 bridgehead atoms. The number of piperazine rings is 1. The smallest absolute Gasteiger partial charge is 0.225 e. The molecule has 1 saturated carbocycles. The predicted octanol–water partition coefficient (Wildman–Crippen LogP) is 4.09. The van der Waals surface area contributed by atoms with E-state index in [-0.39, 0.29) is 0 Å². The van der Waals surface area contributed by atoms with Crippen LogP contribution in [0.15, 0.2) is 48.5 Å². The lowest BCUT2D eigenvalue weighted by Gasteiger charge is -2.39. The number of fused-ring (bicyclic) bond motifs is 3. The number of carbonyl (C=O) groups excluding carboxylic acids is 1. The van der Waals surface area contributed by atoms with Crippen LogP contribution in [0.2, 0.25) is 0 Å². The van der Waals surface area contributed by atoms with Crippen molar-refractivity contribution in [2.24, 2.45) is 5.92 Å². The minimum Gasteiger partial charge on any atom is -0.340 e. The molecule has 2 aliphatic carbocycles. The summed E-state index contributed by atoms with van der Waals surface area (Å²) in [4.78, 5) is 17.4. The van der Waals surface area contributed by atoms with Gasteiger partial charge in [0.25, 0.3) is 0 Å². The van der Waals surface area contributed by atoms with Crippen molar-refractivity contribution in [1.82, 2.24) is 9.80 Å². The van der Waals surface area contributed by atoms with Crippen molar-refractivity contribution in [3.8, 4) is 11.1 Å². The number of hydrogen-bond donors (Lipinski definition) is 0. The van der Waals surface area contributed by atoms with Gasteiger partial charge in [0.05, 0.1) is 6.04 Å². The van der Waals surface area contributed by atoms with E-state index < -0.39 is 0 Å². The number of amides is 1. The Kier molecular flexibility index (Phi) is 4.05. The van der Waals surface area contributed by atoms with Gasteiger partial charge in [-0.05, 0) is 35.1 Å². The molecule has 3 aliphatic rings. The fourth-order valence-electron chi connectivity index (χ4n) is 5.15. The lowest BCUT2D eigenvalue weighted by Crippen LogP contribution is -2.50. The van der Waals surface area contributed by atoms with E-state index in [9.17, 15) is 4.79 Å². The largest absolute Gasteiger partial charge is 0.340 e. The normalized spacial score (nSPS) is 21.0. The van der Waals surface area contributed by atoms with Crippen LogP contribution >= 0.6 is 0 Å². The molecule has 5 rings (SSSR count). The summed E-state index contributed by atoms with van der Waals surface area (Å²) in [7, 11) is 0. The summed E-state index contributed by atoms with van der Waals surface area (Å²) in [6.45, 7) is 3.67. The molecule has 1 heterocycles. The Hall–Kier alpha value is -2.13. The van der Waals surface area contributed by atoms with Crippen LogP contribution in [-0.2, 0) is 4.79 Å². The van der Waals surface area contributed by atoms with Crippen molar-refractivity contribution in [1.29, 1.82) is 0 Å². The van der Waals surface area contributed by atoms with Crippen LogP contribution in [0, 0.1) is 5.92 Å². The number of nitrogens with zero attached hydrogens (tertiary/aromatic N) is 2. The van der Waals surface area contributed by atoms with Gasteiger partial charge in [-0.3, -0.25) is 9.69 Å². The van der Waals surface area contributed by atoms with Gasteiger partial charge in [0.1, 0.15) is 0 Å². The fourth-order valence-corrected chi connectivity index (χ4v) is 5.15. The Morgan fingerprint density at radius 2 is 1.31 bits per heavy atom. The molecule has 26 heavy (non-hydrogen) atoms. The predicted molar refractivity (Wildman–Crippen MR) is 104 cm³/mol. The summed E-state index contributed by atoms with van der Waals surface area (Å²) in [6.07, 6.45) is 4.66. The Morgan fingerprint density at radius 1 is 0.769 bits per heavy atom. The number of carbonyl (C=O) groups is 1. The van der Waals surface area contributed by atoms with Crippen LogP contribution in [0.25, 0.3) is 11.1 Å². The minimum atomic E-state index is 0.300. The van der Waals surface area contributed by atoms with Gasteiger partial charge in [-0.2, -0.15) is 0 Å². The number of hydrogen-bond acceptors (Lipinski definition) is 2. The second-order valence-electron chi connectivity index (χ2n) is 7.92. The minimum absolute atomic E-state index is 0.300. The van der Waals surface area contributed by atoms with Gasteiger partial charge in [0.15, 0.2) is 0 Å². The summed E-state index contributed by atoms with van der Waals surface area (Å²) < 4.78 is 0. The molecule has 0 radical (unpaired) electrons. The Bertz CT molecular complexity index is 771. The molecule has 2 aromatic rings. The van der Waals surface area contributed by atoms with E-state index in [1.807, 2.05) is 0 Å². The second kappa shape index (κ2) is 6.55. The summed E-state index contributed by atoms with van der Waals surface area (Å²) in [5, 5.41) is 0. The average molecular weight is 346 g/mol. The molecule has 1 amide bonds. The quantitative estimate of drug-likeness (QED) is 0.818. The fraction of sp³-hybridized carbons (Fsp3) is 0.435. The molecule has 0 N–H and O–H groups in total. The maximum Gasteiger partial charge on any atom is 0.225 e. The van der Waals surface area contributed by atoms with Crippen LogP contribution in [0.3, 0.4) is 0 Å². The standard InChI is InChI=1S/C23H26N2O/c26-23(17-7-1-2-8-17)25-15-13-24(14-16-25)22-20-11-5-3-9-18(20)19-10-4-6-12-21(19)22/h3-6,9-12,17,22H,1-2,7-8,13-16H2. The third-order valence-electron chi connectivity index (χ3n) is 6.50. The summed E-state index contributed by atoms with van der Waals surface area (Å²) in [5.74, 6) is 0.712. The Morgan fingerprint density at radius 3 is 1.88 bits per heavy atom. The van der Waals surface area contributed by atoms with Gasteiger partial charge in [-0.15, -0.1) is 0 Å². The van der Waals surface area contributed by atoms with Gasteiger partial charge in [-0.25, -0.2) is 0 Å². The zero-order valence-electron chi connectivity index (χ0n) is 15.2. The highest BCUT2D eigenvalue weighted by molar-refractivity contribution is 5.80. The molecule has 134 valence electrons. The van der Waals surface area contributed by atoms with E-state index in [0.29, 0.717) is 17.9 Å². The molecule has 2 fully saturated rings. The average Bonchev–Trinajstić information content (AvgIpc) is 3.34. The van der Waals surface area contributed by atoms with E-state index in [1.165, 1.54) is 35.1 Å². The van der Waals surface area contributed by atoms with Gasteiger partial charge < -0.3 is 4.90 Å². The van der Waals surface area contributed by atoms with Crippen molar-refractivity contribution in [2.45, 2.75) is 31.7 Å². The van der Waals surface area contributed by atoms with E-state index in [2.05, 4.69) is 58.3 Å². The van der Waals surface area contributed by atoms with Crippen molar-refractivity contribution in [2.75, 3.05) is 26.2 Å². The van der Waals surface area contributed by atoms with Gasteiger partial charge >= 0.3 is 0 Å². The van der Waals surface area contributed by atoms with Crippen molar-refractivity contribution in [3.05, 3.63) is 59.7 Å². The van der Waals surface area contributed by atoms with Crippen LogP contribution in [0.4, 0.5) is 0 Å². The van der Waals surface area contributed by atoms with E-state index >= 15 is 0 Å². The molecule has 1 saturated heterocycles. The van der Waals surface area contributed by atoms with Gasteiger partial charge in [0.2, 0.25) is 5.91 Å². The first kappa shape index (κ1) is 16.1. The molecular formula is C23H26N2O. The molecule has 3 nitrogen and oxygen atoms in total. The van der Waals surface area contributed by atoms with Crippen LogP contribution in [0.5, 0.6) is 0 Å². The van der Waals surface area contributed by atoms with Crippen LogP contribution < -0.4 is 0 Å². The molecular weight excluding hydrogens is 320 g/mol. The van der Waals surface area contributed by atoms with Gasteiger partial charge in [-0.1, -0.05) is 61.4 Å². The van der Waals surface area contributed by atoms with Crippen molar-refractivity contribution in [3.63, 3.8) is 0 Å². The highest BCUT2D eigenvalue weighted by atomic mass is 16.2. The highest BCUT2D eigenvalue weighted by Crippen LogP contribution is 2.46. The number of rotatable bonds is 2. The maximum atomic E-state index is 12.7. The first-order valence-electron chi connectivity index (χ1n) is 10.0. The maximum absolute atomic E-state index is 12.7. The lowest BCUT2D eigenvalue weighted by molar-refractivity contribution is -0.137. The molecule has 3 heteroatoms. The van der Waals surface area contributed by atoms with Crippen LogP contribution in [0.1, 0.15) is 42.9 Å². The highest BCUT2D eigenvalue weighted by Gasteiger charge is 2.36. The third kappa shape index (κ3) is 2.57. The third-order valence-corrected chi connectivity index (χ3v) is 6.50. The monoisotopic (exact) mass is 346 g/mol. The zero-order valence-corrected chi connectivity index (χ0v) is 15.2. The van der Waals surface area contributed by atoms with Crippen LogP contribution in [-0.4, -0.2) is 41.9 Å².